The standard InChI is InChI=1S/C14H11N3O2S/c15-10-2-3-11-9(6-10)7-12(20-11)14(18)19-8-13-16-4-1-5-17-13/h1-7H,8,15H2. The van der Waals surface area contributed by atoms with Gasteiger partial charge in [0.25, 0.3) is 0 Å². The maximum Gasteiger partial charge on any atom is 0.348 e. The molecule has 3 rings (SSSR count). The first kappa shape index (κ1) is 12.6. The Labute approximate surface area is 119 Å². The van der Waals surface area contributed by atoms with Crippen LogP contribution < -0.4 is 5.73 Å². The first-order valence-corrected chi connectivity index (χ1v) is 6.76. The number of nitrogens with zero attached hydrogens (tertiary/aromatic N) is 2. The molecule has 5 nitrogen and oxygen atoms in total. The predicted octanol–water partition coefficient (Wildman–Crippen LogP) is 2.63. The third-order valence-electron chi connectivity index (χ3n) is 2.69. The zero-order valence-electron chi connectivity index (χ0n) is 10.4. The van der Waals surface area contributed by atoms with E-state index in [9.17, 15) is 4.79 Å². The van der Waals surface area contributed by atoms with Gasteiger partial charge in [0.05, 0.1) is 0 Å². The van der Waals surface area contributed by atoms with E-state index in [1.807, 2.05) is 18.2 Å². The van der Waals surface area contributed by atoms with E-state index in [0.717, 1.165) is 10.1 Å². The van der Waals surface area contributed by atoms with Gasteiger partial charge in [-0.15, -0.1) is 11.3 Å². The Balaban J connectivity index is 1.75. The molecule has 6 heteroatoms. The van der Waals surface area contributed by atoms with Crippen molar-refractivity contribution >= 4 is 33.1 Å². The molecular formula is C14H11N3O2S. The van der Waals surface area contributed by atoms with Gasteiger partial charge in [0, 0.05) is 22.8 Å². The number of nitrogens with two attached hydrogens (primary N) is 1. The zero-order chi connectivity index (χ0) is 13.9. The van der Waals surface area contributed by atoms with Crippen molar-refractivity contribution in [2.24, 2.45) is 0 Å². The fourth-order valence-electron chi connectivity index (χ4n) is 1.77. The normalized spacial score (nSPS) is 10.6. The molecule has 0 aliphatic carbocycles. The Morgan fingerprint density at radius 1 is 1.25 bits per heavy atom. The van der Waals surface area contributed by atoms with Crippen molar-refractivity contribution in [1.29, 1.82) is 0 Å². The fourth-order valence-corrected chi connectivity index (χ4v) is 2.71. The molecule has 0 unspecified atom stereocenters. The van der Waals surface area contributed by atoms with Crippen LogP contribution in [0, 0.1) is 0 Å². The molecule has 0 saturated heterocycles. The van der Waals surface area contributed by atoms with Gasteiger partial charge in [0.15, 0.2) is 12.4 Å². The van der Waals surface area contributed by atoms with Crippen LogP contribution in [0.1, 0.15) is 15.5 Å². The van der Waals surface area contributed by atoms with Crippen molar-refractivity contribution in [1.82, 2.24) is 9.97 Å². The third kappa shape index (κ3) is 2.60. The number of rotatable bonds is 3. The van der Waals surface area contributed by atoms with Gasteiger partial charge in [-0.25, -0.2) is 14.8 Å². The Bertz CT molecular complexity index is 755. The van der Waals surface area contributed by atoms with Gasteiger partial charge in [-0.05, 0) is 35.7 Å². The number of anilines is 1. The highest BCUT2D eigenvalue weighted by Gasteiger charge is 2.12. The molecule has 0 saturated carbocycles. The molecule has 20 heavy (non-hydrogen) atoms. The highest BCUT2D eigenvalue weighted by Crippen LogP contribution is 2.27. The predicted molar refractivity (Wildman–Crippen MR) is 77.4 cm³/mol. The Morgan fingerprint density at radius 3 is 2.85 bits per heavy atom. The van der Waals surface area contributed by atoms with Gasteiger partial charge in [-0.1, -0.05) is 0 Å². The molecule has 0 bridgehead atoms. The number of thiophene rings is 1. The molecule has 0 fully saturated rings. The number of benzene rings is 1. The van der Waals surface area contributed by atoms with Crippen LogP contribution in [0.2, 0.25) is 0 Å². The number of carbonyl (C=O) groups is 1. The highest BCUT2D eigenvalue weighted by atomic mass is 32.1. The second kappa shape index (κ2) is 5.26. The average molecular weight is 285 g/mol. The number of hydrogen-bond acceptors (Lipinski definition) is 6. The smallest absolute Gasteiger partial charge is 0.348 e. The summed E-state index contributed by atoms with van der Waals surface area (Å²) in [5.74, 6) is 0.100. The van der Waals surface area contributed by atoms with E-state index in [0.29, 0.717) is 16.4 Å². The van der Waals surface area contributed by atoms with Crippen molar-refractivity contribution in [3.05, 3.63) is 53.4 Å². The monoisotopic (exact) mass is 285 g/mol. The molecule has 0 radical (unpaired) electrons. The summed E-state index contributed by atoms with van der Waals surface area (Å²) in [6.45, 7) is 0.0655. The van der Waals surface area contributed by atoms with Crippen LogP contribution in [-0.4, -0.2) is 15.9 Å². The molecule has 0 aliphatic heterocycles. The van der Waals surface area contributed by atoms with Gasteiger partial charge in [-0.3, -0.25) is 0 Å². The lowest BCUT2D eigenvalue weighted by Gasteiger charge is -2.00. The zero-order valence-corrected chi connectivity index (χ0v) is 11.3. The van der Waals surface area contributed by atoms with Crippen molar-refractivity contribution in [2.75, 3.05) is 5.73 Å². The van der Waals surface area contributed by atoms with Crippen molar-refractivity contribution in [2.45, 2.75) is 6.61 Å². The Hall–Kier alpha value is -2.47. The van der Waals surface area contributed by atoms with E-state index < -0.39 is 0 Å². The lowest BCUT2D eigenvalue weighted by molar-refractivity contribution is 0.0468. The molecule has 2 heterocycles. The Morgan fingerprint density at radius 2 is 2.05 bits per heavy atom. The van der Waals surface area contributed by atoms with Crippen LogP contribution in [0.4, 0.5) is 5.69 Å². The molecule has 2 N–H and O–H groups in total. The summed E-state index contributed by atoms with van der Waals surface area (Å²) in [6.07, 6.45) is 3.22. The van der Waals surface area contributed by atoms with E-state index in [-0.39, 0.29) is 12.6 Å². The van der Waals surface area contributed by atoms with Crippen LogP contribution in [-0.2, 0) is 11.3 Å². The van der Waals surface area contributed by atoms with E-state index in [2.05, 4.69) is 9.97 Å². The molecule has 0 aliphatic rings. The minimum Gasteiger partial charge on any atom is -0.453 e. The van der Waals surface area contributed by atoms with Crippen LogP contribution >= 0.6 is 11.3 Å². The largest absolute Gasteiger partial charge is 0.453 e. The summed E-state index contributed by atoms with van der Waals surface area (Å²) in [5.41, 5.74) is 6.39. The number of hydrogen-bond donors (Lipinski definition) is 1. The summed E-state index contributed by atoms with van der Waals surface area (Å²) >= 11 is 1.38. The SMILES string of the molecule is Nc1ccc2sc(C(=O)OCc3ncccn3)cc2c1. The van der Waals surface area contributed by atoms with Gasteiger partial charge >= 0.3 is 5.97 Å². The minimum atomic E-state index is -0.378. The summed E-state index contributed by atoms with van der Waals surface area (Å²) in [4.78, 5) is 20.5. The Kier molecular flexibility index (Phi) is 3.30. The maximum atomic E-state index is 12.0. The van der Waals surface area contributed by atoms with Crippen molar-refractivity contribution in [3.8, 4) is 0 Å². The van der Waals surface area contributed by atoms with Crippen molar-refractivity contribution in [3.63, 3.8) is 0 Å². The average Bonchev–Trinajstić information content (AvgIpc) is 2.89. The molecule has 0 atom stereocenters. The number of nitrogen functional groups attached to an aromatic ring is 1. The highest BCUT2D eigenvalue weighted by molar-refractivity contribution is 7.20. The van der Waals surface area contributed by atoms with Crippen LogP contribution in [0.15, 0.2) is 42.7 Å². The lowest BCUT2D eigenvalue weighted by Crippen LogP contribution is -2.05. The molecular weight excluding hydrogens is 274 g/mol. The van der Waals surface area contributed by atoms with Gasteiger partial charge in [0.2, 0.25) is 0 Å². The quantitative estimate of drug-likeness (QED) is 0.591. The molecule has 1 aromatic carbocycles. The first-order chi connectivity index (χ1) is 9.72. The number of fused-ring (bicyclic) bond motifs is 1. The number of ether oxygens (including phenoxy) is 1. The van der Waals surface area contributed by atoms with Crippen LogP contribution in [0.5, 0.6) is 0 Å². The van der Waals surface area contributed by atoms with E-state index in [4.69, 9.17) is 10.5 Å². The lowest BCUT2D eigenvalue weighted by atomic mass is 10.2. The molecule has 0 amide bonds. The molecule has 2 aromatic heterocycles. The second-order valence-electron chi connectivity index (χ2n) is 4.15. The summed E-state index contributed by atoms with van der Waals surface area (Å²) in [5, 5.41) is 0.943. The second-order valence-corrected chi connectivity index (χ2v) is 5.23. The van der Waals surface area contributed by atoms with E-state index in [1.54, 1.807) is 24.5 Å². The summed E-state index contributed by atoms with van der Waals surface area (Å²) < 4.78 is 6.19. The van der Waals surface area contributed by atoms with Crippen LogP contribution in [0.3, 0.4) is 0 Å². The number of aromatic nitrogens is 2. The van der Waals surface area contributed by atoms with Gasteiger partial charge in [-0.2, -0.15) is 0 Å². The number of carbonyl (C=O) groups excluding carboxylic acids is 1. The van der Waals surface area contributed by atoms with Gasteiger partial charge < -0.3 is 10.5 Å². The number of esters is 1. The topological polar surface area (TPSA) is 78.1 Å². The first-order valence-electron chi connectivity index (χ1n) is 5.94. The van der Waals surface area contributed by atoms with E-state index in [1.165, 1.54) is 11.3 Å². The third-order valence-corrected chi connectivity index (χ3v) is 3.79. The van der Waals surface area contributed by atoms with Crippen LogP contribution in [0.25, 0.3) is 10.1 Å². The molecule has 0 spiro atoms. The molecule has 100 valence electrons. The molecule has 3 aromatic rings. The van der Waals surface area contributed by atoms with Crippen molar-refractivity contribution < 1.29 is 9.53 Å². The van der Waals surface area contributed by atoms with Gasteiger partial charge in [0.1, 0.15) is 4.88 Å². The summed E-state index contributed by atoms with van der Waals surface area (Å²) in [7, 11) is 0. The minimum absolute atomic E-state index is 0.0655. The van der Waals surface area contributed by atoms with E-state index >= 15 is 0 Å². The summed E-state index contributed by atoms with van der Waals surface area (Å²) in [6, 6.07) is 9.04. The fraction of sp³-hybridized carbons (Fsp3) is 0.0714. The maximum absolute atomic E-state index is 12.0.